The summed E-state index contributed by atoms with van der Waals surface area (Å²) < 4.78 is 8.00. The first kappa shape index (κ1) is 33.2. The second kappa shape index (κ2) is 37.5. The molecule has 0 aromatic carbocycles. The molecular weight excluding hydrogens is 627 g/mol. The summed E-state index contributed by atoms with van der Waals surface area (Å²) in [4.78, 5) is 0. The number of hydrogen-bond donors (Lipinski definition) is 0. The van der Waals surface area contributed by atoms with Crippen molar-refractivity contribution in [3.05, 3.63) is 0 Å². The largest absolute Gasteiger partial charge is 0 e. The summed E-state index contributed by atoms with van der Waals surface area (Å²) in [6, 6.07) is 0. The standard InChI is InChI=1S/Bi.Fe.O.Pb.Ti.Zr.5H. The summed E-state index contributed by atoms with van der Waals surface area (Å²) in [5, 5.41) is 0. The third-order valence-corrected chi connectivity index (χ3v) is 0. The molecule has 0 rings (SSSR count). The van der Waals surface area contributed by atoms with Gasteiger partial charge in [-0.2, -0.15) is 0 Å². The van der Waals surface area contributed by atoms with Crippen molar-refractivity contribution in [1.29, 1.82) is 0 Å². The quantitative estimate of drug-likeness (QED) is 0.277. The molecule has 0 spiro atoms. The van der Waals surface area contributed by atoms with Crippen molar-refractivity contribution < 1.29 is 67.7 Å². The molecule has 0 fully saturated rings. The van der Waals surface area contributed by atoms with Crippen molar-refractivity contribution in [2.24, 2.45) is 0 Å². The van der Waals surface area contributed by atoms with E-state index in [2.05, 4.69) is 0 Å². The summed E-state index contributed by atoms with van der Waals surface area (Å²) in [7, 11) is 0. The van der Waals surface area contributed by atoms with Crippen LogP contribution in [0.5, 0.6) is 0 Å². The van der Waals surface area contributed by atoms with Gasteiger partial charge in [0.2, 0.25) is 0 Å². The van der Waals surface area contributed by atoms with Crippen LogP contribution in [0, 0.1) is 0 Å². The molecule has 0 heterocycles. The van der Waals surface area contributed by atoms with Crippen molar-refractivity contribution in [2.75, 3.05) is 0 Å². The van der Waals surface area contributed by atoms with E-state index in [1.54, 1.807) is 0 Å². The summed E-state index contributed by atoms with van der Waals surface area (Å²) in [6.07, 6.45) is 0. The van der Waals surface area contributed by atoms with E-state index in [0.29, 0.717) is 0 Å². The third kappa shape index (κ3) is 25.2. The molecule has 0 saturated heterocycles. The Labute approximate surface area is 118 Å². The Morgan fingerprint density at radius 1 is 1.17 bits per heavy atom. The Kier molecular flexibility index (Phi) is 208. The molecule has 0 atom stereocenters. The SMILES string of the molecule is [BiH3].[O]=[Fe].[PbH2].[Ti].[Zr]. The van der Waals surface area contributed by atoms with E-state index in [0.717, 1.165) is 0 Å². The van der Waals surface area contributed by atoms with Gasteiger partial charge in [0.15, 0.2) is 0 Å². The van der Waals surface area contributed by atoms with E-state index in [-0.39, 0.29) is 101 Å². The van der Waals surface area contributed by atoms with Crippen LogP contribution in [0.1, 0.15) is 0 Å². The van der Waals surface area contributed by atoms with Crippen molar-refractivity contribution >= 4 is 53.5 Å². The first-order chi connectivity index (χ1) is 1.00. The van der Waals surface area contributed by atoms with E-state index < -0.39 is 0 Å². The maximum absolute atomic E-state index is 8.00. The molecule has 2 radical (unpaired) electrons. The van der Waals surface area contributed by atoms with E-state index in [4.69, 9.17) is 3.83 Å². The van der Waals surface area contributed by atoms with Crippen LogP contribution in [0.25, 0.3) is 0 Å². The van der Waals surface area contributed by atoms with Gasteiger partial charge in [-0.3, -0.25) is 0 Å². The van der Waals surface area contributed by atoms with Crippen molar-refractivity contribution in [3.63, 3.8) is 0 Å². The smallest absolute Gasteiger partial charge is 0 e. The minimum absolute atomic E-state index is 0. The van der Waals surface area contributed by atoms with Gasteiger partial charge >= 0.3 is 73.3 Å². The molecule has 36 valence electrons. The molecule has 1 nitrogen and oxygen atoms in total. The van der Waals surface area contributed by atoms with Gasteiger partial charge in [-0.15, -0.1) is 0 Å². The second-order valence-corrected chi connectivity index (χ2v) is 0. The molecule has 0 unspecified atom stereocenters. The van der Waals surface area contributed by atoms with Gasteiger partial charge in [-0.1, -0.05) is 0 Å². The zero-order valence-corrected chi connectivity index (χ0v) is 19.3. The van der Waals surface area contributed by atoms with E-state index in [1.165, 1.54) is 0 Å². The van der Waals surface area contributed by atoms with Crippen molar-refractivity contribution in [3.8, 4) is 0 Å². The Morgan fingerprint density at radius 2 is 1.17 bits per heavy atom. The molecule has 0 aromatic heterocycles. The molecule has 0 saturated carbocycles. The summed E-state index contributed by atoms with van der Waals surface area (Å²) >= 11 is 2.00. The number of rotatable bonds is 0. The zero-order valence-electron chi connectivity index (χ0n) is 3.18. The van der Waals surface area contributed by atoms with Crippen LogP contribution in [-0.4, -0.2) is 53.5 Å². The van der Waals surface area contributed by atoms with Gasteiger partial charge < -0.3 is 0 Å². The van der Waals surface area contributed by atoms with Crippen molar-refractivity contribution in [2.45, 2.75) is 0 Å². The van der Waals surface area contributed by atoms with E-state index in [1.807, 2.05) is 15.9 Å². The predicted molar refractivity (Wildman–Crippen MR) is 19.2 cm³/mol. The van der Waals surface area contributed by atoms with Gasteiger partial charge in [0.05, 0.1) is 0 Å². The zero-order chi connectivity index (χ0) is 2.00. The predicted octanol–water partition coefficient (Wildman–Crippen LogP) is -2.23. The second-order valence-electron chi connectivity index (χ2n) is 0. The molecule has 0 aliphatic heterocycles. The third-order valence-electron chi connectivity index (χ3n) is 0. The Morgan fingerprint density at radius 3 is 1.17 bits per heavy atom. The van der Waals surface area contributed by atoms with Crippen molar-refractivity contribution in [1.82, 2.24) is 0 Å². The van der Waals surface area contributed by atoms with Crippen LogP contribution < -0.4 is 0 Å². The summed E-state index contributed by atoms with van der Waals surface area (Å²) in [6.45, 7) is 0. The topological polar surface area (TPSA) is 17.1 Å². The van der Waals surface area contributed by atoms with Gasteiger partial charge in [0, 0.05) is 47.9 Å². The van der Waals surface area contributed by atoms with Gasteiger partial charge in [-0.25, -0.2) is 0 Å². The first-order valence-electron chi connectivity index (χ1n) is 0.144. The molecule has 0 aliphatic rings. The van der Waals surface area contributed by atoms with E-state index >= 15 is 0 Å². The Balaban J connectivity index is -0.000000000833. The normalized spacial score (nSPS) is 0.833. The molecule has 0 aliphatic carbocycles. The molecular formula is H5BiFeOPbTiZr. The molecule has 0 amide bonds. The average molecular weight is 632 g/mol. The maximum atomic E-state index is 8.00. The van der Waals surface area contributed by atoms with Crippen LogP contribution in [-0.2, 0) is 67.7 Å². The molecule has 6 heavy (non-hydrogen) atoms. The monoisotopic (exact) mass is 632 g/mol. The van der Waals surface area contributed by atoms with Crippen LogP contribution >= 0.6 is 0 Å². The van der Waals surface area contributed by atoms with Crippen LogP contribution in [0.2, 0.25) is 0 Å². The molecule has 6 heteroatoms. The first-order valence-corrected chi connectivity index (χ1v) is 0.595. The fourth-order valence-corrected chi connectivity index (χ4v) is 0. The summed E-state index contributed by atoms with van der Waals surface area (Å²) in [5.74, 6) is 0. The van der Waals surface area contributed by atoms with Gasteiger partial charge in [0.25, 0.3) is 0 Å². The minimum atomic E-state index is 0. The fourth-order valence-electron chi connectivity index (χ4n) is 0. The van der Waals surface area contributed by atoms with Crippen LogP contribution in [0.3, 0.4) is 0 Å². The average Bonchev–Trinajstić information content (AvgIpc) is 1.00. The summed E-state index contributed by atoms with van der Waals surface area (Å²) in [5.41, 5.74) is 0. The molecule has 0 aromatic rings. The Hall–Kier alpha value is 3.72. The van der Waals surface area contributed by atoms with Gasteiger partial charge in [-0.05, 0) is 0 Å². The van der Waals surface area contributed by atoms with Crippen LogP contribution in [0.4, 0.5) is 0 Å². The maximum Gasteiger partial charge on any atom is 0 e. The molecule has 0 bridgehead atoms. The Bertz CT molecular complexity index is 15.5. The minimum Gasteiger partial charge on any atom is 0 e. The van der Waals surface area contributed by atoms with E-state index in [9.17, 15) is 0 Å². The van der Waals surface area contributed by atoms with Crippen LogP contribution in [0.15, 0.2) is 0 Å². The fraction of sp³-hybridized carbons (Fsp3) is 0. The number of hydrogen-bond acceptors (Lipinski definition) is 1. The van der Waals surface area contributed by atoms with Gasteiger partial charge in [0.1, 0.15) is 0 Å². The molecule has 0 N–H and O–H groups in total.